The van der Waals surface area contributed by atoms with Crippen molar-refractivity contribution in [3.63, 3.8) is 0 Å². The summed E-state index contributed by atoms with van der Waals surface area (Å²) < 4.78 is 7.91. The van der Waals surface area contributed by atoms with Crippen molar-refractivity contribution >= 4 is 17.2 Å². The Bertz CT molecular complexity index is 873. The highest BCUT2D eigenvalue weighted by Crippen LogP contribution is 2.28. The molecule has 0 spiro atoms. The molecule has 2 unspecified atom stereocenters. The van der Waals surface area contributed by atoms with E-state index in [1.807, 2.05) is 36.4 Å². The van der Waals surface area contributed by atoms with Crippen LogP contribution in [-0.4, -0.2) is 33.8 Å². The van der Waals surface area contributed by atoms with Crippen molar-refractivity contribution in [2.45, 2.75) is 25.9 Å². The molecular weight excluding hydrogens is 336 g/mol. The molecule has 1 saturated heterocycles. The van der Waals surface area contributed by atoms with Crippen molar-refractivity contribution in [2.75, 3.05) is 13.1 Å². The molecule has 130 valence electrons. The zero-order valence-electron chi connectivity index (χ0n) is 14.2. The summed E-state index contributed by atoms with van der Waals surface area (Å²) >= 11 is 6.33. The third-order valence-corrected chi connectivity index (χ3v) is 5.12. The molecule has 25 heavy (non-hydrogen) atoms. The van der Waals surface area contributed by atoms with Crippen LogP contribution in [0.25, 0.3) is 16.9 Å². The van der Waals surface area contributed by atoms with Crippen molar-refractivity contribution in [2.24, 2.45) is 5.92 Å². The first-order valence-electron chi connectivity index (χ1n) is 8.69. The molecule has 3 aromatic rings. The van der Waals surface area contributed by atoms with E-state index in [1.54, 1.807) is 10.7 Å². The second-order valence-electron chi connectivity index (χ2n) is 6.49. The topological polar surface area (TPSA) is 51.5 Å². The quantitative estimate of drug-likeness (QED) is 0.772. The van der Waals surface area contributed by atoms with Gasteiger partial charge in [-0.15, -0.1) is 5.10 Å². The largest absolute Gasteiger partial charge is 0.473 e. The minimum Gasteiger partial charge on any atom is -0.473 e. The standard InChI is InChI=1S/C19H21ClN4O/c1-13(14-5-4-10-21-11-14)25-19-9-8-18-22-12-17(24(18)23-19)15-6-2-3-7-16(15)20/h2-3,6-9,12-14,21H,4-5,10-11H2,1H3. The summed E-state index contributed by atoms with van der Waals surface area (Å²) in [5.41, 5.74) is 2.54. The number of hydrogen-bond donors (Lipinski definition) is 1. The van der Waals surface area contributed by atoms with Crippen molar-refractivity contribution in [1.82, 2.24) is 19.9 Å². The highest BCUT2D eigenvalue weighted by molar-refractivity contribution is 6.33. The van der Waals surface area contributed by atoms with Crippen LogP contribution in [0.15, 0.2) is 42.6 Å². The van der Waals surface area contributed by atoms with Crippen LogP contribution in [0.4, 0.5) is 0 Å². The van der Waals surface area contributed by atoms with Crippen LogP contribution < -0.4 is 10.1 Å². The van der Waals surface area contributed by atoms with Gasteiger partial charge in [0.1, 0.15) is 6.10 Å². The third-order valence-electron chi connectivity index (χ3n) is 4.79. The molecule has 2 aromatic heterocycles. The Morgan fingerprint density at radius 3 is 2.96 bits per heavy atom. The molecule has 1 fully saturated rings. The average Bonchev–Trinajstić information content (AvgIpc) is 3.06. The van der Waals surface area contributed by atoms with Crippen molar-refractivity contribution in [3.05, 3.63) is 47.6 Å². The molecule has 1 aliphatic rings. The van der Waals surface area contributed by atoms with E-state index in [9.17, 15) is 0 Å². The van der Waals surface area contributed by atoms with Gasteiger partial charge < -0.3 is 10.1 Å². The van der Waals surface area contributed by atoms with Gasteiger partial charge in [-0.1, -0.05) is 29.8 Å². The van der Waals surface area contributed by atoms with Crippen molar-refractivity contribution in [3.8, 4) is 17.1 Å². The van der Waals surface area contributed by atoms with Gasteiger partial charge in [0.05, 0.1) is 16.9 Å². The number of aromatic nitrogens is 3. The summed E-state index contributed by atoms with van der Waals surface area (Å²) in [4.78, 5) is 4.42. The lowest BCUT2D eigenvalue weighted by Gasteiger charge is -2.28. The van der Waals surface area contributed by atoms with Gasteiger partial charge in [0, 0.05) is 24.1 Å². The average molecular weight is 357 g/mol. The van der Waals surface area contributed by atoms with Gasteiger partial charge in [-0.3, -0.25) is 0 Å². The summed E-state index contributed by atoms with van der Waals surface area (Å²) in [6.45, 7) is 4.22. The molecule has 5 nitrogen and oxygen atoms in total. The van der Waals surface area contributed by atoms with Gasteiger partial charge in [0.25, 0.3) is 0 Å². The van der Waals surface area contributed by atoms with Crippen LogP contribution in [-0.2, 0) is 0 Å². The van der Waals surface area contributed by atoms with Crippen LogP contribution in [0.1, 0.15) is 19.8 Å². The fraction of sp³-hybridized carbons (Fsp3) is 0.368. The second kappa shape index (κ2) is 7.02. The summed E-state index contributed by atoms with van der Waals surface area (Å²) in [6, 6.07) is 11.5. The van der Waals surface area contributed by atoms with Crippen LogP contribution in [0, 0.1) is 5.92 Å². The minimum atomic E-state index is 0.116. The number of piperidine rings is 1. The van der Waals surface area contributed by atoms with Crippen LogP contribution in [0.3, 0.4) is 0 Å². The molecule has 1 N–H and O–H groups in total. The zero-order valence-corrected chi connectivity index (χ0v) is 14.9. The number of benzene rings is 1. The molecule has 1 aliphatic heterocycles. The number of halogens is 1. The monoisotopic (exact) mass is 356 g/mol. The van der Waals surface area contributed by atoms with Crippen molar-refractivity contribution in [1.29, 1.82) is 0 Å². The Morgan fingerprint density at radius 1 is 1.28 bits per heavy atom. The van der Waals surface area contributed by atoms with Crippen molar-refractivity contribution < 1.29 is 4.74 Å². The molecule has 0 radical (unpaired) electrons. The van der Waals surface area contributed by atoms with Gasteiger partial charge in [-0.2, -0.15) is 0 Å². The molecule has 4 rings (SSSR count). The van der Waals surface area contributed by atoms with Crippen LogP contribution in [0.2, 0.25) is 5.02 Å². The van der Waals surface area contributed by atoms with Gasteiger partial charge in [0.15, 0.2) is 5.65 Å². The molecule has 0 bridgehead atoms. The highest BCUT2D eigenvalue weighted by Gasteiger charge is 2.22. The maximum atomic E-state index is 6.33. The molecule has 6 heteroatoms. The summed E-state index contributed by atoms with van der Waals surface area (Å²) in [5.74, 6) is 1.12. The molecule has 0 amide bonds. The number of hydrogen-bond acceptors (Lipinski definition) is 4. The summed E-state index contributed by atoms with van der Waals surface area (Å²) in [6.07, 6.45) is 4.29. The lowest BCUT2D eigenvalue weighted by molar-refractivity contribution is 0.124. The van der Waals surface area contributed by atoms with E-state index in [2.05, 4.69) is 22.3 Å². The molecule has 0 saturated carbocycles. The van der Waals surface area contributed by atoms with Gasteiger partial charge in [0.2, 0.25) is 5.88 Å². The lowest BCUT2D eigenvalue weighted by atomic mass is 9.95. The van der Waals surface area contributed by atoms with Gasteiger partial charge in [-0.05, 0) is 38.4 Å². The smallest absolute Gasteiger partial charge is 0.232 e. The second-order valence-corrected chi connectivity index (χ2v) is 6.90. The SMILES string of the molecule is CC(Oc1ccc2ncc(-c3ccccc3Cl)n2n1)C1CCCNC1. The molecule has 2 atom stereocenters. The predicted molar refractivity (Wildman–Crippen MR) is 99.1 cm³/mol. The van der Waals surface area contributed by atoms with E-state index >= 15 is 0 Å². The van der Waals surface area contributed by atoms with E-state index in [0.717, 1.165) is 30.0 Å². The normalized spacial score (nSPS) is 19.0. The first kappa shape index (κ1) is 16.4. The fourth-order valence-corrected chi connectivity index (χ4v) is 3.57. The number of imidazole rings is 1. The van der Waals surface area contributed by atoms with Crippen LogP contribution >= 0.6 is 11.6 Å². The zero-order chi connectivity index (χ0) is 17.2. The van der Waals surface area contributed by atoms with E-state index < -0.39 is 0 Å². The first-order chi connectivity index (χ1) is 12.2. The first-order valence-corrected chi connectivity index (χ1v) is 9.07. The lowest BCUT2D eigenvalue weighted by Crippen LogP contribution is -2.38. The minimum absolute atomic E-state index is 0.116. The number of nitrogens with zero attached hydrogens (tertiary/aromatic N) is 3. The number of ether oxygens (including phenoxy) is 1. The molecule has 3 heterocycles. The maximum absolute atomic E-state index is 6.33. The van der Waals surface area contributed by atoms with Crippen LogP contribution in [0.5, 0.6) is 5.88 Å². The number of fused-ring (bicyclic) bond motifs is 1. The van der Waals surface area contributed by atoms with E-state index in [4.69, 9.17) is 16.3 Å². The molecule has 0 aliphatic carbocycles. The van der Waals surface area contributed by atoms with Gasteiger partial charge >= 0.3 is 0 Å². The Hall–Kier alpha value is -2.11. The Kier molecular flexibility index (Phi) is 4.59. The number of nitrogens with one attached hydrogen (secondary N) is 1. The predicted octanol–water partition coefficient (Wildman–Crippen LogP) is 3.82. The maximum Gasteiger partial charge on any atom is 0.232 e. The highest BCUT2D eigenvalue weighted by atomic mass is 35.5. The van der Waals surface area contributed by atoms with E-state index in [0.29, 0.717) is 16.8 Å². The Balaban J connectivity index is 1.63. The Morgan fingerprint density at radius 2 is 2.16 bits per heavy atom. The van der Waals surface area contributed by atoms with Gasteiger partial charge in [-0.25, -0.2) is 9.50 Å². The van der Waals surface area contributed by atoms with E-state index in [1.165, 1.54) is 12.8 Å². The fourth-order valence-electron chi connectivity index (χ4n) is 3.34. The third kappa shape index (κ3) is 3.34. The molecular formula is C19H21ClN4O. The Labute approximate surface area is 152 Å². The molecule has 1 aromatic carbocycles. The summed E-state index contributed by atoms with van der Waals surface area (Å²) in [7, 11) is 0. The van der Waals surface area contributed by atoms with E-state index in [-0.39, 0.29) is 6.10 Å². The number of rotatable bonds is 4. The summed E-state index contributed by atoms with van der Waals surface area (Å²) in [5, 5.41) is 8.75.